The van der Waals surface area contributed by atoms with Crippen LogP contribution in [0.15, 0.2) is 67.1 Å². The van der Waals surface area contributed by atoms with E-state index >= 15 is 0 Å². The van der Waals surface area contributed by atoms with Crippen molar-refractivity contribution in [3.63, 3.8) is 0 Å². The second-order valence-corrected chi connectivity index (χ2v) is 7.08. The minimum absolute atomic E-state index is 0.0479. The molecule has 0 radical (unpaired) electrons. The minimum Gasteiger partial charge on any atom is -0.491 e. The standard InChI is InChI=1S/C23H26N4O2/c1-17(2)29-21-7-5-20(6-8-21)26-22-9-4-19(16-25-22)23(28)27(3)15-12-18-10-13-24-14-11-18/h4-11,13-14,16-17H,12,15H2,1-3H3,(H,25,26). The average Bonchev–Trinajstić information content (AvgIpc) is 2.74. The van der Waals surface area contributed by atoms with E-state index in [4.69, 9.17) is 4.74 Å². The molecule has 1 N–H and O–H groups in total. The highest BCUT2D eigenvalue weighted by molar-refractivity contribution is 5.94. The van der Waals surface area contributed by atoms with E-state index in [2.05, 4.69) is 15.3 Å². The van der Waals surface area contributed by atoms with Crippen LogP contribution in [0.4, 0.5) is 11.5 Å². The van der Waals surface area contributed by atoms with Gasteiger partial charge in [-0.1, -0.05) is 0 Å². The van der Waals surface area contributed by atoms with Gasteiger partial charge in [-0.15, -0.1) is 0 Å². The summed E-state index contributed by atoms with van der Waals surface area (Å²) >= 11 is 0. The number of anilines is 2. The van der Waals surface area contributed by atoms with Crippen molar-refractivity contribution in [3.05, 3.63) is 78.2 Å². The van der Waals surface area contributed by atoms with Crippen molar-refractivity contribution in [2.24, 2.45) is 0 Å². The zero-order valence-corrected chi connectivity index (χ0v) is 17.0. The third-order valence-electron chi connectivity index (χ3n) is 4.34. The lowest BCUT2D eigenvalue weighted by atomic mass is 10.2. The number of amides is 1. The summed E-state index contributed by atoms with van der Waals surface area (Å²) in [5.74, 6) is 1.46. The van der Waals surface area contributed by atoms with Crippen LogP contribution in [0.5, 0.6) is 5.75 Å². The van der Waals surface area contributed by atoms with E-state index < -0.39 is 0 Å². The summed E-state index contributed by atoms with van der Waals surface area (Å²) in [4.78, 5) is 22.7. The topological polar surface area (TPSA) is 67.3 Å². The number of rotatable bonds is 8. The Balaban J connectivity index is 1.55. The molecule has 1 aromatic carbocycles. The van der Waals surface area contributed by atoms with Crippen LogP contribution in [0.2, 0.25) is 0 Å². The fourth-order valence-electron chi connectivity index (χ4n) is 2.80. The van der Waals surface area contributed by atoms with E-state index in [0.717, 1.165) is 23.4 Å². The van der Waals surface area contributed by atoms with Gasteiger partial charge in [-0.05, 0) is 74.4 Å². The maximum absolute atomic E-state index is 12.6. The van der Waals surface area contributed by atoms with Crippen LogP contribution in [0.1, 0.15) is 29.8 Å². The van der Waals surface area contributed by atoms with Gasteiger partial charge in [0.25, 0.3) is 5.91 Å². The molecule has 0 spiro atoms. The van der Waals surface area contributed by atoms with Crippen molar-refractivity contribution >= 4 is 17.4 Å². The molecule has 29 heavy (non-hydrogen) atoms. The van der Waals surface area contributed by atoms with Crippen molar-refractivity contribution in [1.82, 2.24) is 14.9 Å². The highest BCUT2D eigenvalue weighted by atomic mass is 16.5. The van der Waals surface area contributed by atoms with Gasteiger partial charge in [0.1, 0.15) is 11.6 Å². The summed E-state index contributed by atoms with van der Waals surface area (Å²) in [6.45, 7) is 4.62. The van der Waals surface area contributed by atoms with Crippen molar-refractivity contribution in [2.45, 2.75) is 26.4 Å². The first-order valence-corrected chi connectivity index (χ1v) is 9.65. The summed E-state index contributed by atoms with van der Waals surface area (Å²) in [5.41, 5.74) is 2.62. The molecule has 2 heterocycles. The molecule has 0 bridgehead atoms. The Kier molecular flexibility index (Phi) is 6.79. The first-order chi connectivity index (χ1) is 14.0. The highest BCUT2D eigenvalue weighted by Gasteiger charge is 2.12. The summed E-state index contributed by atoms with van der Waals surface area (Å²) < 4.78 is 5.64. The quantitative estimate of drug-likeness (QED) is 0.620. The molecule has 0 saturated heterocycles. The number of carbonyl (C=O) groups is 1. The molecular formula is C23H26N4O2. The summed E-state index contributed by atoms with van der Waals surface area (Å²) in [5, 5.41) is 3.23. The van der Waals surface area contributed by atoms with Gasteiger partial charge in [-0.25, -0.2) is 4.98 Å². The predicted octanol–water partition coefficient (Wildman–Crippen LogP) is 4.32. The van der Waals surface area contributed by atoms with Crippen LogP contribution in [-0.2, 0) is 6.42 Å². The number of hydrogen-bond acceptors (Lipinski definition) is 5. The first kappa shape index (κ1) is 20.3. The number of hydrogen-bond donors (Lipinski definition) is 1. The molecule has 6 nitrogen and oxygen atoms in total. The molecule has 6 heteroatoms. The molecule has 0 aliphatic carbocycles. The average molecular weight is 390 g/mol. The van der Waals surface area contributed by atoms with E-state index in [0.29, 0.717) is 17.9 Å². The number of aromatic nitrogens is 2. The van der Waals surface area contributed by atoms with Gasteiger partial charge in [-0.2, -0.15) is 0 Å². The van der Waals surface area contributed by atoms with Gasteiger partial charge in [0, 0.05) is 37.9 Å². The Morgan fingerprint density at radius 1 is 1.07 bits per heavy atom. The maximum Gasteiger partial charge on any atom is 0.255 e. The number of likely N-dealkylation sites (N-methyl/N-ethyl adjacent to an activating group) is 1. The second kappa shape index (κ2) is 9.68. The second-order valence-electron chi connectivity index (χ2n) is 7.08. The van der Waals surface area contributed by atoms with E-state index in [1.54, 1.807) is 36.6 Å². The van der Waals surface area contributed by atoms with Crippen molar-refractivity contribution < 1.29 is 9.53 Å². The van der Waals surface area contributed by atoms with Gasteiger partial charge in [-0.3, -0.25) is 9.78 Å². The van der Waals surface area contributed by atoms with Crippen molar-refractivity contribution in [1.29, 1.82) is 0 Å². The lowest BCUT2D eigenvalue weighted by molar-refractivity contribution is 0.0796. The minimum atomic E-state index is -0.0479. The molecular weight excluding hydrogens is 364 g/mol. The van der Waals surface area contributed by atoms with Crippen LogP contribution in [0.3, 0.4) is 0 Å². The number of pyridine rings is 2. The molecule has 0 atom stereocenters. The van der Waals surface area contributed by atoms with Gasteiger partial charge in [0.05, 0.1) is 11.7 Å². The van der Waals surface area contributed by atoms with Crippen LogP contribution >= 0.6 is 0 Å². The molecule has 1 amide bonds. The Morgan fingerprint density at radius 2 is 1.79 bits per heavy atom. The van der Waals surface area contributed by atoms with E-state index in [-0.39, 0.29) is 12.0 Å². The Bertz CT molecular complexity index is 910. The molecule has 2 aromatic heterocycles. The fourth-order valence-corrected chi connectivity index (χ4v) is 2.80. The zero-order chi connectivity index (χ0) is 20.6. The van der Waals surface area contributed by atoms with E-state index in [1.165, 1.54) is 0 Å². The number of nitrogens with zero attached hydrogens (tertiary/aromatic N) is 3. The third kappa shape index (κ3) is 6.04. The van der Waals surface area contributed by atoms with Crippen molar-refractivity contribution in [2.75, 3.05) is 18.9 Å². The van der Waals surface area contributed by atoms with Crippen LogP contribution in [-0.4, -0.2) is 40.5 Å². The van der Waals surface area contributed by atoms with Crippen LogP contribution < -0.4 is 10.1 Å². The molecule has 3 aromatic rings. The first-order valence-electron chi connectivity index (χ1n) is 9.65. The van der Waals surface area contributed by atoms with Gasteiger partial charge in [0.15, 0.2) is 0 Å². The normalized spacial score (nSPS) is 10.6. The number of ether oxygens (including phenoxy) is 1. The zero-order valence-electron chi connectivity index (χ0n) is 17.0. The SMILES string of the molecule is CC(C)Oc1ccc(Nc2ccc(C(=O)N(C)CCc3ccncc3)cn2)cc1. The molecule has 0 unspecified atom stereocenters. The smallest absolute Gasteiger partial charge is 0.255 e. The van der Waals surface area contributed by atoms with Crippen molar-refractivity contribution in [3.8, 4) is 5.75 Å². The molecule has 0 aliphatic heterocycles. The molecule has 150 valence electrons. The predicted molar refractivity (Wildman–Crippen MR) is 115 cm³/mol. The molecule has 0 fully saturated rings. The number of nitrogens with one attached hydrogen (secondary N) is 1. The number of carbonyl (C=O) groups excluding carboxylic acids is 1. The summed E-state index contributed by atoms with van der Waals surface area (Å²) in [7, 11) is 1.80. The van der Waals surface area contributed by atoms with Gasteiger partial charge < -0.3 is 15.0 Å². The van der Waals surface area contributed by atoms with Gasteiger partial charge in [0.2, 0.25) is 0 Å². The molecule has 0 saturated carbocycles. The summed E-state index contributed by atoms with van der Waals surface area (Å²) in [6, 6.07) is 15.2. The molecule has 3 rings (SSSR count). The van der Waals surface area contributed by atoms with Gasteiger partial charge >= 0.3 is 0 Å². The highest BCUT2D eigenvalue weighted by Crippen LogP contribution is 2.20. The monoisotopic (exact) mass is 390 g/mol. The molecule has 0 aliphatic rings. The van der Waals surface area contributed by atoms with E-state index in [9.17, 15) is 4.79 Å². The van der Waals surface area contributed by atoms with Crippen LogP contribution in [0.25, 0.3) is 0 Å². The lowest BCUT2D eigenvalue weighted by Gasteiger charge is -2.17. The third-order valence-corrected chi connectivity index (χ3v) is 4.34. The number of benzene rings is 1. The largest absolute Gasteiger partial charge is 0.491 e. The van der Waals surface area contributed by atoms with E-state index in [1.807, 2.05) is 56.3 Å². The van der Waals surface area contributed by atoms with Crippen LogP contribution in [0, 0.1) is 0 Å². The maximum atomic E-state index is 12.6. The lowest BCUT2D eigenvalue weighted by Crippen LogP contribution is -2.28. The Hall–Kier alpha value is -3.41. The Morgan fingerprint density at radius 3 is 2.41 bits per heavy atom. The fraction of sp³-hybridized carbons (Fsp3) is 0.261. The Labute approximate surface area is 171 Å². The summed E-state index contributed by atoms with van der Waals surface area (Å²) in [6.07, 6.45) is 6.05.